The maximum atomic E-state index is 8.80. The molecule has 2 rings (SSSR count). The van der Waals surface area contributed by atoms with Crippen LogP contribution < -0.4 is 9.05 Å². The first-order chi connectivity index (χ1) is 4.38. The first kappa shape index (κ1) is 4.94. The molecule has 0 saturated carbocycles. The molecule has 0 aromatic carbocycles. The fourth-order valence-corrected chi connectivity index (χ4v) is 1.14. The highest BCUT2D eigenvalue weighted by Gasteiger charge is 2.22. The van der Waals surface area contributed by atoms with Crippen molar-refractivity contribution in [2.75, 3.05) is 0 Å². The van der Waals surface area contributed by atoms with Gasteiger partial charge < -0.3 is 18.6 Å². The van der Waals surface area contributed by atoms with E-state index in [9.17, 15) is 0 Å². The first-order valence-electron chi connectivity index (χ1n) is 2.27. The minimum Gasteiger partial charge on any atom is -0.478 e. The minimum atomic E-state index is -0.213. The lowest BCUT2D eigenvalue weighted by Gasteiger charge is -1.87. The predicted octanol–water partition coefficient (Wildman–Crippen LogP) is 1.26. The molecule has 4 nitrogen and oxygen atoms in total. The van der Waals surface area contributed by atoms with Crippen LogP contribution >= 0.6 is 9.03 Å². The van der Waals surface area contributed by atoms with Gasteiger partial charge in [-0.05, 0) is 0 Å². The standard InChI is InChI=1S/C4H3O4P/c5-4-3-2(1-6-4)7-9-8-3/h1,5,9H. The van der Waals surface area contributed by atoms with Crippen LogP contribution in [0.4, 0.5) is 0 Å². The van der Waals surface area contributed by atoms with Crippen molar-refractivity contribution in [3.63, 3.8) is 0 Å². The molecule has 0 aliphatic carbocycles. The second-order valence-electron chi connectivity index (χ2n) is 1.52. The molecule has 1 aliphatic heterocycles. The van der Waals surface area contributed by atoms with Crippen LogP contribution in [-0.2, 0) is 0 Å². The third-order valence-electron chi connectivity index (χ3n) is 0.991. The van der Waals surface area contributed by atoms with E-state index in [1.54, 1.807) is 0 Å². The van der Waals surface area contributed by atoms with Gasteiger partial charge in [0, 0.05) is 0 Å². The molecule has 48 valence electrons. The van der Waals surface area contributed by atoms with E-state index in [1.165, 1.54) is 6.26 Å². The topological polar surface area (TPSA) is 51.8 Å². The van der Waals surface area contributed by atoms with Gasteiger partial charge in [-0.15, -0.1) is 0 Å². The van der Waals surface area contributed by atoms with E-state index in [-0.39, 0.29) is 15.0 Å². The highest BCUT2D eigenvalue weighted by molar-refractivity contribution is 7.27. The van der Waals surface area contributed by atoms with Gasteiger partial charge in [0.25, 0.3) is 14.8 Å². The Kier molecular flexibility index (Phi) is 0.848. The Labute approximate surface area is 52.3 Å². The lowest BCUT2D eigenvalue weighted by Crippen LogP contribution is -1.66. The van der Waals surface area contributed by atoms with Crippen molar-refractivity contribution in [3.05, 3.63) is 6.26 Å². The molecule has 0 bridgehead atoms. The summed E-state index contributed by atoms with van der Waals surface area (Å²) in [6.45, 7) is 0. The highest BCUT2D eigenvalue weighted by Crippen LogP contribution is 2.48. The van der Waals surface area contributed by atoms with Gasteiger partial charge in [0.2, 0.25) is 5.75 Å². The molecule has 1 aromatic rings. The number of fused-ring (bicyclic) bond motifs is 1. The van der Waals surface area contributed by atoms with Gasteiger partial charge in [-0.3, -0.25) is 0 Å². The van der Waals surface area contributed by atoms with Gasteiger partial charge >= 0.3 is 5.95 Å². The third-order valence-corrected chi connectivity index (χ3v) is 1.58. The smallest absolute Gasteiger partial charge is 0.330 e. The van der Waals surface area contributed by atoms with E-state index < -0.39 is 0 Å². The molecular formula is C4H3O4P. The van der Waals surface area contributed by atoms with Crippen molar-refractivity contribution in [1.29, 1.82) is 0 Å². The van der Waals surface area contributed by atoms with Crippen LogP contribution in [0.3, 0.4) is 0 Å². The zero-order valence-electron chi connectivity index (χ0n) is 4.25. The van der Waals surface area contributed by atoms with Crippen LogP contribution in [0, 0.1) is 0 Å². The Bertz CT molecular complexity index is 230. The molecule has 0 fully saturated rings. The number of rotatable bonds is 0. The Morgan fingerprint density at radius 3 is 3.11 bits per heavy atom. The monoisotopic (exact) mass is 146 g/mol. The molecule has 1 N–H and O–H groups in total. The van der Waals surface area contributed by atoms with Crippen molar-refractivity contribution in [1.82, 2.24) is 0 Å². The summed E-state index contributed by atoms with van der Waals surface area (Å²) in [5.41, 5.74) is 0. The molecular weight excluding hydrogens is 143 g/mol. The molecule has 1 aromatic heterocycles. The fourth-order valence-electron chi connectivity index (χ4n) is 0.594. The fraction of sp³-hybridized carbons (Fsp3) is 0. The second kappa shape index (κ2) is 1.54. The number of aromatic hydroxyl groups is 1. The molecule has 1 aliphatic rings. The Morgan fingerprint density at radius 2 is 2.33 bits per heavy atom. The van der Waals surface area contributed by atoms with Crippen molar-refractivity contribution < 1.29 is 18.6 Å². The first-order valence-corrected chi connectivity index (χ1v) is 3.09. The average Bonchev–Trinajstić information content (AvgIpc) is 2.35. The van der Waals surface area contributed by atoms with Gasteiger partial charge in [0.15, 0.2) is 0 Å². The average molecular weight is 146 g/mol. The molecule has 9 heavy (non-hydrogen) atoms. The van der Waals surface area contributed by atoms with Crippen molar-refractivity contribution in [2.24, 2.45) is 0 Å². The molecule has 0 saturated heterocycles. The Hall–Kier alpha value is -0.890. The highest BCUT2D eigenvalue weighted by atomic mass is 31.1. The van der Waals surface area contributed by atoms with Crippen LogP contribution in [0.2, 0.25) is 0 Å². The van der Waals surface area contributed by atoms with Crippen molar-refractivity contribution in [3.8, 4) is 17.4 Å². The molecule has 1 unspecified atom stereocenters. The van der Waals surface area contributed by atoms with Crippen LogP contribution in [-0.4, -0.2) is 5.11 Å². The summed E-state index contributed by atoms with van der Waals surface area (Å²) in [5.74, 6) is 0.578. The van der Waals surface area contributed by atoms with Crippen LogP contribution in [0.25, 0.3) is 0 Å². The summed E-state index contributed by atoms with van der Waals surface area (Å²) >= 11 is 0. The minimum absolute atomic E-state index is 0.0528. The van der Waals surface area contributed by atoms with Gasteiger partial charge in [-0.2, -0.15) is 0 Å². The summed E-state index contributed by atoms with van der Waals surface area (Å²) in [6.07, 6.45) is 1.31. The van der Waals surface area contributed by atoms with E-state index in [0.717, 1.165) is 0 Å². The summed E-state index contributed by atoms with van der Waals surface area (Å²) in [6, 6.07) is 0. The number of hydrogen-bond acceptors (Lipinski definition) is 4. The SMILES string of the molecule is Oc1occ2c1OPO2. The van der Waals surface area contributed by atoms with E-state index in [1.807, 2.05) is 0 Å². The molecule has 0 spiro atoms. The molecule has 0 amide bonds. The maximum Gasteiger partial charge on any atom is 0.330 e. The Morgan fingerprint density at radius 1 is 1.44 bits per heavy atom. The van der Waals surface area contributed by atoms with Crippen LogP contribution in [0.1, 0.15) is 0 Å². The molecule has 0 radical (unpaired) electrons. The van der Waals surface area contributed by atoms with Gasteiger partial charge in [0.1, 0.15) is 6.26 Å². The largest absolute Gasteiger partial charge is 0.478 e. The summed E-state index contributed by atoms with van der Waals surface area (Å²) in [7, 11) is -0.0528. The third kappa shape index (κ3) is 0.566. The summed E-state index contributed by atoms with van der Waals surface area (Å²) in [4.78, 5) is 0. The van der Waals surface area contributed by atoms with Gasteiger partial charge in [-0.25, -0.2) is 0 Å². The van der Waals surface area contributed by atoms with E-state index in [4.69, 9.17) is 14.2 Å². The summed E-state index contributed by atoms with van der Waals surface area (Å²) < 4.78 is 14.2. The Balaban J connectivity index is 2.56. The molecule has 2 heterocycles. The maximum absolute atomic E-state index is 8.80. The van der Waals surface area contributed by atoms with E-state index >= 15 is 0 Å². The molecule has 5 heteroatoms. The quantitative estimate of drug-likeness (QED) is 0.560. The zero-order valence-corrected chi connectivity index (χ0v) is 5.25. The van der Waals surface area contributed by atoms with E-state index in [0.29, 0.717) is 11.5 Å². The van der Waals surface area contributed by atoms with Crippen LogP contribution in [0.5, 0.6) is 17.4 Å². The number of hydrogen-bond donors (Lipinski definition) is 1. The van der Waals surface area contributed by atoms with Crippen molar-refractivity contribution >= 4 is 9.03 Å². The summed E-state index contributed by atoms with van der Waals surface area (Å²) in [5, 5.41) is 8.80. The van der Waals surface area contributed by atoms with E-state index in [2.05, 4.69) is 4.42 Å². The number of furan rings is 1. The van der Waals surface area contributed by atoms with Crippen LogP contribution in [0.15, 0.2) is 10.7 Å². The predicted molar refractivity (Wildman–Crippen MR) is 29.9 cm³/mol. The second-order valence-corrected chi connectivity index (χ2v) is 2.10. The molecule has 1 atom stereocenters. The normalized spacial score (nSPS) is 16.9. The van der Waals surface area contributed by atoms with Gasteiger partial charge in [0.05, 0.1) is 0 Å². The lowest BCUT2D eigenvalue weighted by molar-refractivity contribution is 0.318. The lowest BCUT2D eigenvalue weighted by atomic mass is 10.5. The van der Waals surface area contributed by atoms with Crippen molar-refractivity contribution in [2.45, 2.75) is 0 Å². The van der Waals surface area contributed by atoms with Gasteiger partial charge in [-0.1, -0.05) is 0 Å². The zero-order chi connectivity index (χ0) is 6.27.